The summed E-state index contributed by atoms with van der Waals surface area (Å²) in [6, 6.07) is -0.499. The average Bonchev–Trinajstić information content (AvgIpc) is 2.85. The van der Waals surface area contributed by atoms with Crippen molar-refractivity contribution in [1.82, 2.24) is 10.6 Å². The first-order chi connectivity index (χ1) is 11.9. The molecule has 1 aliphatic heterocycles. The van der Waals surface area contributed by atoms with Crippen molar-refractivity contribution in [3.8, 4) is 0 Å². The first-order valence-electron chi connectivity index (χ1n) is 8.98. The summed E-state index contributed by atoms with van der Waals surface area (Å²) in [5, 5.41) is 5.48. The summed E-state index contributed by atoms with van der Waals surface area (Å²) in [4.78, 5) is 35.7. The Morgan fingerprint density at radius 1 is 1.27 bits per heavy atom. The Bertz CT molecular complexity index is 543. The Hall–Kier alpha value is -2.05. The molecule has 0 saturated carbocycles. The predicted molar refractivity (Wildman–Crippen MR) is 98.4 cm³/mol. The highest BCUT2D eigenvalue weighted by Crippen LogP contribution is 2.18. The Kier molecular flexibility index (Phi) is 7.66. The van der Waals surface area contributed by atoms with E-state index >= 15 is 0 Å². The molecule has 0 aromatic carbocycles. The standard InChI is InChI=1S/C19H32N2O5/c1-18(2,3)12-25-15(22)8-7-14(11-13-9-10-20-16(13)23)21-17(24)26-19(4,5)6/h7-8,13-14H,9-12H2,1-6H3,(H,20,23)(H,21,24)/b8-7+/t13-,14+/m0/s1. The Morgan fingerprint density at radius 3 is 2.42 bits per heavy atom. The first kappa shape index (κ1) is 22.0. The SMILES string of the molecule is CC(C)(C)COC(=O)/C=C/[C@H](C[C@@H]1CCNC1=O)NC(=O)OC(C)(C)C. The number of amides is 2. The molecular formula is C19H32N2O5. The second kappa shape index (κ2) is 9.05. The summed E-state index contributed by atoms with van der Waals surface area (Å²) >= 11 is 0. The van der Waals surface area contributed by atoms with Crippen LogP contribution in [0.3, 0.4) is 0 Å². The fraction of sp³-hybridized carbons (Fsp3) is 0.737. The van der Waals surface area contributed by atoms with Gasteiger partial charge in [-0.2, -0.15) is 0 Å². The van der Waals surface area contributed by atoms with Gasteiger partial charge in [-0.25, -0.2) is 9.59 Å². The maximum atomic E-state index is 12.0. The number of alkyl carbamates (subject to hydrolysis) is 1. The molecule has 1 heterocycles. The molecule has 2 atom stereocenters. The molecule has 0 spiro atoms. The largest absolute Gasteiger partial charge is 0.462 e. The van der Waals surface area contributed by atoms with Gasteiger partial charge in [0.2, 0.25) is 5.91 Å². The molecule has 0 bridgehead atoms. The smallest absolute Gasteiger partial charge is 0.408 e. The van der Waals surface area contributed by atoms with Crippen molar-refractivity contribution in [3.05, 3.63) is 12.2 Å². The normalized spacial score (nSPS) is 19.2. The second-order valence-corrected chi connectivity index (χ2v) is 8.79. The summed E-state index contributed by atoms with van der Waals surface area (Å²) < 4.78 is 10.4. The van der Waals surface area contributed by atoms with Gasteiger partial charge in [-0.3, -0.25) is 4.79 Å². The first-order valence-corrected chi connectivity index (χ1v) is 8.98. The Morgan fingerprint density at radius 2 is 1.92 bits per heavy atom. The second-order valence-electron chi connectivity index (χ2n) is 8.79. The van der Waals surface area contributed by atoms with Crippen LogP contribution in [-0.4, -0.2) is 42.8 Å². The average molecular weight is 368 g/mol. The molecule has 7 heteroatoms. The van der Waals surface area contributed by atoms with Gasteiger partial charge < -0.3 is 20.1 Å². The van der Waals surface area contributed by atoms with E-state index in [1.54, 1.807) is 26.8 Å². The highest BCUT2D eigenvalue weighted by molar-refractivity contribution is 5.82. The van der Waals surface area contributed by atoms with Crippen LogP contribution in [0.1, 0.15) is 54.4 Å². The van der Waals surface area contributed by atoms with Crippen LogP contribution in [0.4, 0.5) is 4.79 Å². The van der Waals surface area contributed by atoms with Crippen LogP contribution in [-0.2, 0) is 19.1 Å². The van der Waals surface area contributed by atoms with Crippen molar-refractivity contribution in [2.75, 3.05) is 13.2 Å². The zero-order chi connectivity index (χ0) is 20.0. The van der Waals surface area contributed by atoms with E-state index < -0.39 is 23.7 Å². The van der Waals surface area contributed by atoms with Crippen molar-refractivity contribution in [2.45, 2.75) is 66.0 Å². The number of hydrogen-bond acceptors (Lipinski definition) is 5. The van der Waals surface area contributed by atoms with Gasteiger partial charge in [0, 0.05) is 18.5 Å². The van der Waals surface area contributed by atoms with Gasteiger partial charge in [-0.15, -0.1) is 0 Å². The van der Waals surface area contributed by atoms with Crippen molar-refractivity contribution < 1.29 is 23.9 Å². The van der Waals surface area contributed by atoms with Crippen molar-refractivity contribution in [3.63, 3.8) is 0 Å². The minimum absolute atomic E-state index is 0.0373. The third-order valence-electron chi connectivity index (χ3n) is 3.52. The van der Waals surface area contributed by atoms with E-state index in [-0.39, 0.29) is 17.2 Å². The quantitative estimate of drug-likeness (QED) is 0.555. The molecule has 0 aromatic rings. The lowest BCUT2D eigenvalue weighted by Gasteiger charge is -2.23. The van der Waals surface area contributed by atoms with Crippen LogP contribution >= 0.6 is 0 Å². The van der Waals surface area contributed by atoms with Crippen LogP contribution in [0.2, 0.25) is 0 Å². The van der Waals surface area contributed by atoms with E-state index in [9.17, 15) is 14.4 Å². The van der Waals surface area contributed by atoms with Crippen LogP contribution in [0.25, 0.3) is 0 Å². The number of carbonyl (C=O) groups is 3. The molecule has 7 nitrogen and oxygen atoms in total. The fourth-order valence-electron chi connectivity index (χ4n) is 2.35. The molecule has 1 aliphatic rings. The third kappa shape index (κ3) is 9.44. The fourth-order valence-corrected chi connectivity index (χ4v) is 2.35. The molecule has 1 rings (SSSR count). The van der Waals surface area contributed by atoms with Gasteiger partial charge in [-0.1, -0.05) is 26.8 Å². The molecule has 2 amide bonds. The zero-order valence-corrected chi connectivity index (χ0v) is 16.7. The number of carbonyl (C=O) groups excluding carboxylic acids is 3. The van der Waals surface area contributed by atoms with Crippen LogP contribution in [0.5, 0.6) is 0 Å². The van der Waals surface area contributed by atoms with E-state index in [0.717, 1.165) is 0 Å². The lowest BCUT2D eigenvalue weighted by atomic mass is 9.98. The summed E-state index contributed by atoms with van der Waals surface area (Å²) in [7, 11) is 0. The van der Waals surface area contributed by atoms with Crippen LogP contribution < -0.4 is 10.6 Å². The summed E-state index contributed by atoms with van der Waals surface area (Å²) in [6.45, 7) is 12.1. The maximum Gasteiger partial charge on any atom is 0.408 e. The maximum absolute atomic E-state index is 12.0. The molecule has 2 N–H and O–H groups in total. The molecule has 148 valence electrons. The minimum atomic E-state index is -0.630. The molecule has 0 radical (unpaired) electrons. The molecule has 1 fully saturated rings. The topological polar surface area (TPSA) is 93.7 Å². The zero-order valence-electron chi connectivity index (χ0n) is 16.7. The Labute approximate surface area is 155 Å². The van der Waals surface area contributed by atoms with E-state index in [2.05, 4.69) is 10.6 Å². The van der Waals surface area contributed by atoms with Crippen molar-refractivity contribution >= 4 is 18.0 Å². The van der Waals surface area contributed by atoms with E-state index in [0.29, 0.717) is 26.0 Å². The number of rotatable bonds is 6. The third-order valence-corrected chi connectivity index (χ3v) is 3.52. The lowest BCUT2D eigenvalue weighted by molar-refractivity contribution is -0.140. The monoisotopic (exact) mass is 368 g/mol. The minimum Gasteiger partial charge on any atom is -0.462 e. The van der Waals surface area contributed by atoms with E-state index in [4.69, 9.17) is 9.47 Å². The van der Waals surface area contributed by atoms with Gasteiger partial charge in [0.1, 0.15) is 5.60 Å². The van der Waals surface area contributed by atoms with Crippen molar-refractivity contribution in [2.24, 2.45) is 11.3 Å². The number of esters is 1. The summed E-state index contributed by atoms with van der Waals surface area (Å²) in [5.74, 6) is -0.721. The van der Waals surface area contributed by atoms with Crippen LogP contribution in [0.15, 0.2) is 12.2 Å². The number of nitrogens with one attached hydrogen (secondary N) is 2. The molecule has 1 saturated heterocycles. The molecule has 0 unspecified atom stereocenters. The van der Waals surface area contributed by atoms with Gasteiger partial charge >= 0.3 is 12.1 Å². The van der Waals surface area contributed by atoms with Gasteiger partial charge in [0.05, 0.1) is 12.6 Å². The molecule has 0 aliphatic carbocycles. The predicted octanol–water partition coefficient (Wildman–Crippen LogP) is 2.55. The number of hydrogen-bond donors (Lipinski definition) is 2. The highest BCUT2D eigenvalue weighted by Gasteiger charge is 2.28. The lowest BCUT2D eigenvalue weighted by Crippen LogP contribution is -2.40. The Balaban J connectivity index is 2.70. The van der Waals surface area contributed by atoms with E-state index in [1.807, 2.05) is 20.8 Å². The van der Waals surface area contributed by atoms with Gasteiger partial charge in [0.25, 0.3) is 0 Å². The number of ether oxygens (including phenoxy) is 2. The highest BCUT2D eigenvalue weighted by atomic mass is 16.6. The molecule has 26 heavy (non-hydrogen) atoms. The summed E-state index contributed by atoms with van der Waals surface area (Å²) in [5.41, 5.74) is -0.756. The van der Waals surface area contributed by atoms with Crippen molar-refractivity contribution in [1.29, 1.82) is 0 Å². The van der Waals surface area contributed by atoms with Gasteiger partial charge in [-0.05, 0) is 39.0 Å². The molecule has 0 aromatic heterocycles. The van der Waals surface area contributed by atoms with Crippen LogP contribution in [0, 0.1) is 11.3 Å². The van der Waals surface area contributed by atoms with Gasteiger partial charge in [0.15, 0.2) is 0 Å². The van der Waals surface area contributed by atoms with E-state index in [1.165, 1.54) is 6.08 Å². The summed E-state index contributed by atoms with van der Waals surface area (Å²) in [6.07, 6.45) is 3.36. The molecular weight excluding hydrogens is 336 g/mol.